The summed E-state index contributed by atoms with van der Waals surface area (Å²) in [4.78, 5) is 0. The number of rotatable bonds is 6. The van der Waals surface area contributed by atoms with Gasteiger partial charge in [-0.15, -0.1) is 0 Å². The van der Waals surface area contributed by atoms with Crippen LogP contribution < -0.4 is 9.47 Å². The van der Waals surface area contributed by atoms with Crippen LogP contribution >= 0.6 is 0 Å². The molecule has 4 rings (SSSR count). The van der Waals surface area contributed by atoms with E-state index in [1.54, 1.807) is 22.8 Å². The van der Waals surface area contributed by atoms with Crippen molar-refractivity contribution < 1.29 is 22.4 Å². The SMILES string of the molecule is COc1ccc(-c2cc([C@H]3CCCCCN3S(=O)(=O)N3CCCC3)no2)cc1OC. The van der Waals surface area contributed by atoms with Crippen LogP contribution in [0.4, 0.5) is 0 Å². The van der Waals surface area contributed by atoms with E-state index in [0.29, 0.717) is 42.6 Å². The summed E-state index contributed by atoms with van der Waals surface area (Å²) in [6.07, 6.45) is 5.43. The molecule has 2 aliphatic rings. The lowest BCUT2D eigenvalue weighted by Crippen LogP contribution is -2.44. The third kappa shape index (κ3) is 4.06. The second-order valence-corrected chi connectivity index (χ2v) is 9.66. The number of ether oxygens (including phenoxy) is 2. The molecule has 9 heteroatoms. The van der Waals surface area contributed by atoms with Crippen molar-refractivity contribution in [2.45, 2.75) is 44.6 Å². The predicted molar refractivity (Wildman–Crippen MR) is 113 cm³/mol. The molecule has 2 saturated heterocycles. The fraction of sp³-hybridized carbons (Fsp3) is 0.571. The lowest BCUT2D eigenvalue weighted by Gasteiger charge is -2.31. The fourth-order valence-corrected chi connectivity index (χ4v) is 6.20. The Kier molecular flexibility index (Phi) is 6.31. The van der Waals surface area contributed by atoms with Gasteiger partial charge in [-0.2, -0.15) is 17.0 Å². The average molecular weight is 436 g/mol. The van der Waals surface area contributed by atoms with E-state index in [1.165, 1.54) is 0 Å². The van der Waals surface area contributed by atoms with Crippen molar-refractivity contribution >= 4 is 10.2 Å². The summed E-state index contributed by atoms with van der Waals surface area (Å²) in [6.45, 7) is 1.71. The van der Waals surface area contributed by atoms with Crippen LogP contribution in [0, 0.1) is 0 Å². The second-order valence-electron chi connectivity index (χ2n) is 7.78. The molecule has 8 nitrogen and oxygen atoms in total. The zero-order chi connectivity index (χ0) is 21.1. The highest BCUT2D eigenvalue weighted by molar-refractivity contribution is 7.86. The van der Waals surface area contributed by atoms with Gasteiger partial charge in [0, 0.05) is 31.3 Å². The van der Waals surface area contributed by atoms with Gasteiger partial charge < -0.3 is 14.0 Å². The van der Waals surface area contributed by atoms with E-state index in [2.05, 4.69) is 5.16 Å². The van der Waals surface area contributed by atoms with Gasteiger partial charge in [0.05, 0.1) is 20.3 Å². The molecule has 0 saturated carbocycles. The summed E-state index contributed by atoms with van der Waals surface area (Å²) in [6, 6.07) is 7.05. The van der Waals surface area contributed by atoms with Crippen molar-refractivity contribution in [3.63, 3.8) is 0 Å². The molecule has 164 valence electrons. The number of benzene rings is 1. The standard InChI is InChI=1S/C21H29N3O5S/c1-27-19-10-9-16(14-21(19)28-2)20-15-17(22-29-20)18-8-4-3-5-13-24(18)30(25,26)23-11-6-7-12-23/h9-10,14-15,18H,3-8,11-13H2,1-2H3/t18-/m1/s1. The molecule has 2 aliphatic heterocycles. The van der Waals surface area contributed by atoms with E-state index in [-0.39, 0.29) is 6.04 Å². The van der Waals surface area contributed by atoms with Crippen molar-refractivity contribution in [1.82, 2.24) is 13.8 Å². The summed E-state index contributed by atoms with van der Waals surface area (Å²) in [5.41, 5.74) is 1.46. The number of hydrogen-bond donors (Lipinski definition) is 0. The topological polar surface area (TPSA) is 85.1 Å². The van der Waals surface area contributed by atoms with Crippen molar-refractivity contribution in [2.75, 3.05) is 33.9 Å². The minimum absolute atomic E-state index is 0.309. The second kappa shape index (κ2) is 8.95. The van der Waals surface area contributed by atoms with Crippen molar-refractivity contribution in [3.8, 4) is 22.8 Å². The molecule has 1 aromatic heterocycles. The van der Waals surface area contributed by atoms with Gasteiger partial charge in [-0.05, 0) is 43.9 Å². The summed E-state index contributed by atoms with van der Waals surface area (Å²) >= 11 is 0. The number of nitrogens with zero attached hydrogens (tertiary/aromatic N) is 3. The van der Waals surface area contributed by atoms with Crippen molar-refractivity contribution in [1.29, 1.82) is 0 Å². The normalized spacial score (nSPS) is 21.5. The Hall–Kier alpha value is -2.10. The first-order valence-electron chi connectivity index (χ1n) is 10.5. The first kappa shape index (κ1) is 21.1. The van der Waals surface area contributed by atoms with E-state index in [4.69, 9.17) is 14.0 Å². The summed E-state index contributed by atoms with van der Waals surface area (Å²) in [7, 11) is -0.337. The maximum atomic E-state index is 13.3. The molecular weight excluding hydrogens is 406 g/mol. The van der Waals surface area contributed by atoms with Crippen LogP contribution in [0.1, 0.15) is 50.3 Å². The molecule has 1 aromatic carbocycles. The molecule has 0 bridgehead atoms. The summed E-state index contributed by atoms with van der Waals surface area (Å²) in [5.74, 6) is 1.81. The van der Waals surface area contributed by atoms with Gasteiger partial charge in [0.25, 0.3) is 10.2 Å². The van der Waals surface area contributed by atoms with E-state index in [1.807, 2.05) is 24.3 Å². The lowest BCUT2D eigenvalue weighted by molar-refractivity contribution is 0.285. The maximum Gasteiger partial charge on any atom is 0.282 e. The minimum atomic E-state index is -3.51. The Morgan fingerprint density at radius 3 is 2.43 bits per heavy atom. The quantitative estimate of drug-likeness (QED) is 0.689. The smallest absolute Gasteiger partial charge is 0.282 e. The van der Waals surface area contributed by atoms with Gasteiger partial charge >= 0.3 is 0 Å². The van der Waals surface area contributed by atoms with Crippen molar-refractivity contribution in [3.05, 3.63) is 30.0 Å². The van der Waals surface area contributed by atoms with Crippen LogP contribution in [0.3, 0.4) is 0 Å². The van der Waals surface area contributed by atoms with Crippen LogP contribution in [0.25, 0.3) is 11.3 Å². The third-order valence-corrected chi connectivity index (χ3v) is 7.98. The van der Waals surface area contributed by atoms with Gasteiger partial charge in [-0.25, -0.2) is 0 Å². The fourth-order valence-electron chi connectivity index (χ4n) is 4.29. The van der Waals surface area contributed by atoms with E-state index >= 15 is 0 Å². The zero-order valence-corrected chi connectivity index (χ0v) is 18.4. The molecule has 1 atom stereocenters. The van der Waals surface area contributed by atoms with Crippen LogP contribution in [0.2, 0.25) is 0 Å². The molecule has 30 heavy (non-hydrogen) atoms. The Labute approximate surface area is 177 Å². The molecule has 3 heterocycles. The highest BCUT2D eigenvalue weighted by Crippen LogP contribution is 2.37. The third-order valence-electron chi connectivity index (χ3n) is 5.93. The number of methoxy groups -OCH3 is 2. The molecule has 0 radical (unpaired) electrons. The van der Waals surface area contributed by atoms with E-state index in [0.717, 1.165) is 44.1 Å². The first-order chi connectivity index (χ1) is 14.5. The molecule has 0 unspecified atom stereocenters. The lowest BCUT2D eigenvalue weighted by atomic mass is 10.1. The van der Waals surface area contributed by atoms with Crippen LogP contribution in [-0.2, 0) is 10.2 Å². The Balaban J connectivity index is 1.64. The Morgan fingerprint density at radius 2 is 1.70 bits per heavy atom. The highest BCUT2D eigenvalue weighted by Gasteiger charge is 2.38. The predicted octanol–water partition coefficient (Wildman–Crippen LogP) is 3.62. The first-order valence-corrected chi connectivity index (χ1v) is 11.9. The van der Waals surface area contributed by atoms with Crippen LogP contribution in [0.15, 0.2) is 28.8 Å². The van der Waals surface area contributed by atoms with Gasteiger partial charge in [-0.3, -0.25) is 0 Å². The molecular formula is C21H29N3O5S. The van der Waals surface area contributed by atoms with Crippen molar-refractivity contribution in [2.24, 2.45) is 0 Å². The molecule has 2 aromatic rings. The molecule has 0 amide bonds. The van der Waals surface area contributed by atoms with Gasteiger partial charge in [0.15, 0.2) is 17.3 Å². The van der Waals surface area contributed by atoms with Gasteiger partial charge in [-0.1, -0.05) is 18.0 Å². The largest absolute Gasteiger partial charge is 0.493 e. The van der Waals surface area contributed by atoms with Crippen LogP contribution in [-0.4, -0.2) is 56.0 Å². The Bertz CT molecular complexity index is 969. The van der Waals surface area contributed by atoms with Gasteiger partial charge in [0.1, 0.15) is 5.69 Å². The molecule has 0 aliphatic carbocycles. The molecule has 0 N–H and O–H groups in total. The summed E-state index contributed by atoms with van der Waals surface area (Å²) < 4.78 is 46.2. The van der Waals surface area contributed by atoms with E-state index in [9.17, 15) is 8.42 Å². The number of aromatic nitrogens is 1. The molecule has 2 fully saturated rings. The Morgan fingerprint density at radius 1 is 0.967 bits per heavy atom. The summed E-state index contributed by atoms with van der Waals surface area (Å²) in [5, 5.41) is 4.27. The van der Waals surface area contributed by atoms with E-state index < -0.39 is 10.2 Å². The highest BCUT2D eigenvalue weighted by atomic mass is 32.2. The zero-order valence-electron chi connectivity index (χ0n) is 17.5. The van der Waals surface area contributed by atoms with Crippen LogP contribution in [0.5, 0.6) is 11.5 Å². The minimum Gasteiger partial charge on any atom is -0.493 e. The van der Waals surface area contributed by atoms with Gasteiger partial charge in [0.2, 0.25) is 0 Å². The number of hydrogen-bond acceptors (Lipinski definition) is 6. The monoisotopic (exact) mass is 435 g/mol. The average Bonchev–Trinajstić information content (AvgIpc) is 3.42. The molecule has 0 spiro atoms. The maximum absolute atomic E-state index is 13.3.